The molecule has 1 unspecified atom stereocenters. The summed E-state index contributed by atoms with van der Waals surface area (Å²) in [5, 5.41) is 11.6. The van der Waals surface area contributed by atoms with Crippen LogP contribution in [0, 0.1) is 0 Å². The molecular formula is C19H18F3NO3. The SMILES string of the molecule is CC(CNC(=O)Cc1ccc(C(=O)O)cc1)c1ccc(C(F)(F)F)cc1. The highest BCUT2D eigenvalue weighted by molar-refractivity contribution is 5.87. The van der Waals surface area contributed by atoms with Gasteiger partial charge in [0.25, 0.3) is 0 Å². The van der Waals surface area contributed by atoms with Gasteiger partial charge in [-0.3, -0.25) is 4.79 Å². The number of carbonyl (C=O) groups excluding carboxylic acids is 1. The van der Waals surface area contributed by atoms with Gasteiger partial charge in [0.15, 0.2) is 0 Å². The molecule has 0 radical (unpaired) electrons. The van der Waals surface area contributed by atoms with Crippen molar-refractivity contribution in [2.45, 2.75) is 25.4 Å². The molecule has 2 N–H and O–H groups in total. The smallest absolute Gasteiger partial charge is 0.416 e. The fourth-order valence-corrected chi connectivity index (χ4v) is 2.40. The topological polar surface area (TPSA) is 66.4 Å². The molecule has 2 rings (SSSR count). The number of aromatic carboxylic acids is 1. The van der Waals surface area contributed by atoms with Gasteiger partial charge in [-0.15, -0.1) is 0 Å². The maximum atomic E-state index is 12.6. The number of rotatable bonds is 6. The number of carboxylic acid groups (broad SMARTS) is 1. The van der Waals surface area contributed by atoms with Crippen LogP contribution in [0.25, 0.3) is 0 Å². The summed E-state index contributed by atoms with van der Waals surface area (Å²) in [6.45, 7) is 2.10. The summed E-state index contributed by atoms with van der Waals surface area (Å²) in [6, 6.07) is 10.9. The zero-order valence-corrected chi connectivity index (χ0v) is 14.0. The van der Waals surface area contributed by atoms with E-state index in [1.807, 2.05) is 6.92 Å². The average Bonchev–Trinajstić information content (AvgIpc) is 2.59. The lowest BCUT2D eigenvalue weighted by Crippen LogP contribution is -2.28. The van der Waals surface area contributed by atoms with Gasteiger partial charge in [-0.2, -0.15) is 13.2 Å². The van der Waals surface area contributed by atoms with Crippen LogP contribution < -0.4 is 5.32 Å². The fraction of sp³-hybridized carbons (Fsp3) is 0.263. The second-order valence-electron chi connectivity index (χ2n) is 6.00. The van der Waals surface area contributed by atoms with Gasteiger partial charge in [-0.1, -0.05) is 31.2 Å². The third-order valence-electron chi connectivity index (χ3n) is 3.98. The molecule has 2 aromatic carbocycles. The molecule has 1 atom stereocenters. The van der Waals surface area contributed by atoms with Crippen LogP contribution in [0.4, 0.5) is 13.2 Å². The molecule has 0 spiro atoms. The van der Waals surface area contributed by atoms with Crippen molar-refractivity contribution < 1.29 is 27.9 Å². The van der Waals surface area contributed by atoms with Crippen molar-refractivity contribution in [3.05, 3.63) is 70.8 Å². The number of benzene rings is 2. The van der Waals surface area contributed by atoms with Gasteiger partial charge >= 0.3 is 12.1 Å². The number of amides is 1. The predicted octanol–water partition coefficient (Wildman–Crippen LogP) is 3.87. The van der Waals surface area contributed by atoms with Crippen LogP contribution in [0.1, 0.15) is 39.9 Å². The molecule has 0 aliphatic carbocycles. The lowest BCUT2D eigenvalue weighted by atomic mass is 9.99. The molecule has 0 aromatic heterocycles. The van der Waals surface area contributed by atoms with Gasteiger partial charge in [0, 0.05) is 6.54 Å². The summed E-state index contributed by atoms with van der Waals surface area (Å²) < 4.78 is 37.7. The van der Waals surface area contributed by atoms with Gasteiger partial charge < -0.3 is 10.4 Å². The Morgan fingerprint density at radius 3 is 2.12 bits per heavy atom. The van der Waals surface area contributed by atoms with E-state index in [1.54, 1.807) is 12.1 Å². The van der Waals surface area contributed by atoms with Crippen molar-refractivity contribution in [1.29, 1.82) is 0 Å². The number of carboxylic acids is 1. The van der Waals surface area contributed by atoms with Crippen molar-refractivity contribution in [2.75, 3.05) is 6.54 Å². The van der Waals surface area contributed by atoms with Crippen LogP contribution >= 0.6 is 0 Å². The highest BCUT2D eigenvalue weighted by Gasteiger charge is 2.30. The summed E-state index contributed by atoms with van der Waals surface area (Å²) >= 11 is 0. The Bertz CT molecular complexity index is 768. The maximum Gasteiger partial charge on any atom is 0.416 e. The van der Waals surface area contributed by atoms with E-state index in [9.17, 15) is 22.8 Å². The molecular weight excluding hydrogens is 347 g/mol. The molecule has 0 bridgehead atoms. The van der Waals surface area contributed by atoms with E-state index in [4.69, 9.17) is 5.11 Å². The van der Waals surface area contributed by atoms with Gasteiger partial charge in [0.1, 0.15) is 0 Å². The van der Waals surface area contributed by atoms with Crippen molar-refractivity contribution in [3.8, 4) is 0 Å². The standard InChI is InChI=1S/C19H18F3NO3/c1-12(14-6-8-16(9-7-14)19(20,21)22)11-23-17(24)10-13-2-4-15(5-3-13)18(25)26/h2-9,12H,10-11H2,1H3,(H,23,24)(H,25,26). The largest absolute Gasteiger partial charge is 0.478 e. The minimum atomic E-state index is -4.37. The second kappa shape index (κ2) is 8.03. The highest BCUT2D eigenvalue weighted by atomic mass is 19.4. The number of alkyl halides is 3. The van der Waals surface area contributed by atoms with E-state index in [1.165, 1.54) is 24.3 Å². The zero-order chi connectivity index (χ0) is 19.3. The van der Waals surface area contributed by atoms with Gasteiger partial charge in [0.2, 0.25) is 5.91 Å². The van der Waals surface area contributed by atoms with Crippen molar-refractivity contribution in [1.82, 2.24) is 5.32 Å². The third-order valence-corrected chi connectivity index (χ3v) is 3.98. The molecule has 4 nitrogen and oxygen atoms in total. The first-order chi connectivity index (χ1) is 12.2. The van der Waals surface area contributed by atoms with Gasteiger partial charge in [-0.25, -0.2) is 4.79 Å². The highest BCUT2D eigenvalue weighted by Crippen LogP contribution is 2.30. The Morgan fingerprint density at radius 2 is 1.62 bits per heavy atom. The van der Waals surface area contributed by atoms with Gasteiger partial charge in [-0.05, 0) is 41.3 Å². The van der Waals surface area contributed by atoms with Crippen molar-refractivity contribution >= 4 is 11.9 Å². The molecule has 0 saturated heterocycles. The molecule has 1 amide bonds. The minimum absolute atomic E-state index is 0.0969. The fourth-order valence-electron chi connectivity index (χ4n) is 2.40. The maximum absolute atomic E-state index is 12.6. The number of carbonyl (C=O) groups is 2. The minimum Gasteiger partial charge on any atom is -0.478 e. The Morgan fingerprint density at radius 1 is 1.04 bits per heavy atom. The van der Waals surface area contributed by atoms with Gasteiger partial charge in [0.05, 0.1) is 17.5 Å². The van der Waals surface area contributed by atoms with Crippen molar-refractivity contribution in [3.63, 3.8) is 0 Å². The van der Waals surface area contributed by atoms with E-state index in [2.05, 4.69) is 5.32 Å². The molecule has 2 aromatic rings. The lowest BCUT2D eigenvalue weighted by Gasteiger charge is -2.14. The molecule has 26 heavy (non-hydrogen) atoms. The predicted molar refractivity (Wildman–Crippen MR) is 90.0 cm³/mol. The monoisotopic (exact) mass is 365 g/mol. The van der Waals surface area contributed by atoms with E-state index < -0.39 is 17.7 Å². The first-order valence-corrected chi connectivity index (χ1v) is 7.93. The summed E-state index contributed by atoms with van der Waals surface area (Å²) in [5.41, 5.74) is 0.811. The van der Waals surface area contributed by atoms with Crippen LogP contribution in [-0.2, 0) is 17.4 Å². The van der Waals surface area contributed by atoms with Crippen LogP contribution in [0.5, 0.6) is 0 Å². The van der Waals surface area contributed by atoms with E-state index >= 15 is 0 Å². The van der Waals surface area contributed by atoms with Crippen LogP contribution in [0.2, 0.25) is 0 Å². The van der Waals surface area contributed by atoms with Crippen LogP contribution in [0.15, 0.2) is 48.5 Å². The Kier molecular flexibility index (Phi) is 6.02. The molecule has 0 heterocycles. The molecule has 0 aliphatic heterocycles. The number of nitrogens with one attached hydrogen (secondary N) is 1. The van der Waals surface area contributed by atoms with E-state index in [-0.39, 0.29) is 30.4 Å². The van der Waals surface area contributed by atoms with Crippen LogP contribution in [-0.4, -0.2) is 23.5 Å². The number of hydrogen-bond donors (Lipinski definition) is 2. The molecule has 0 fully saturated rings. The molecule has 7 heteroatoms. The zero-order valence-electron chi connectivity index (χ0n) is 14.0. The summed E-state index contributed by atoms with van der Waals surface area (Å²) in [6.07, 6.45) is -4.27. The Balaban J connectivity index is 1.87. The summed E-state index contributed by atoms with van der Waals surface area (Å²) in [5.74, 6) is -1.42. The number of halogens is 3. The first kappa shape index (κ1) is 19.5. The summed E-state index contributed by atoms with van der Waals surface area (Å²) in [7, 11) is 0. The van der Waals surface area contributed by atoms with Crippen molar-refractivity contribution in [2.24, 2.45) is 0 Å². The Hall–Kier alpha value is -2.83. The molecule has 0 saturated carbocycles. The number of hydrogen-bond acceptors (Lipinski definition) is 2. The quantitative estimate of drug-likeness (QED) is 0.817. The van der Waals surface area contributed by atoms with E-state index in [0.29, 0.717) is 11.1 Å². The molecule has 138 valence electrons. The molecule has 0 aliphatic rings. The second-order valence-corrected chi connectivity index (χ2v) is 6.00. The Labute approximate surface area is 148 Å². The summed E-state index contributed by atoms with van der Waals surface area (Å²) in [4.78, 5) is 22.8. The first-order valence-electron chi connectivity index (χ1n) is 7.93. The normalized spacial score (nSPS) is 12.5. The third kappa shape index (κ3) is 5.34. The van der Waals surface area contributed by atoms with Crippen LogP contribution in [0.3, 0.4) is 0 Å². The van der Waals surface area contributed by atoms with E-state index in [0.717, 1.165) is 12.1 Å². The average molecular weight is 365 g/mol. The lowest BCUT2D eigenvalue weighted by molar-refractivity contribution is -0.137.